The molecular formula is C58H58F6N4O8S2. The van der Waals surface area contributed by atoms with Crippen molar-refractivity contribution in [3.8, 4) is 33.8 Å². The predicted molar refractivity (Wildman–Crippen MR) is 286 cm³/mol. The summed E-state index contributed by atoms with van der Waals surface area (Å²) >= 11 is 1.39. The highest BCUT2D eigenvalue weighted by Gasteiger charge is 2.38. The Hall–Kier alpha value is -6.74. The summed E-state index contributed by atoms with van der Waals surface area (Å²) in [6.45, 7) is 6.36. The van der Waals surface area contributed by atoms with E-state index >= 15 is 0 Å². The number of rotatable bonds is 15. The second kappa shape index (κ2) is 24.5. The lowest BCUT2D eigenvalue weighted by Gasteiger charge is -2.31. The van der Waals surface area contributed by atoms with Gasteiger partial charge >= 0.3 is 24.3 Å². The number of ether oxygens (including phenoxy) is 3. The van der Waals surface area contributed by atoms with E-state index in [1.165, 1.54) is 6.07 Å². The van der Waals surface area contributed by atoms with Crippen molar-refractivity contribution in [2.24, 2.45) is 11.8 Å². The number of alkyl halides is 6. The van der Waals surface area contributed by atoms with Gasteiger partial charge in [-0.25, -0.2) is 0 Å². The number of aliphatic carboxylic acids is 1. The Morgan fingerprint density at radius 2 is 0.974 bits per heavy atom. The van der Waals surface area contributed by atoms with Gasteiger partial charge in [0, 0.05) is 45.3 Å². The van der Waals surface area contributed by atoms with Crippen LogP contribution in [-0.4, -0.2) is 97.6 Å². The maximum absolute atomic E-state index is 13.7. The molecule has 0 bridgehead atoms. The number of carbonyl (C=O) groups excluding carboxylic acids is 3. The number of carbonyl (C=O) groups is 4. The smallest absolute Gasteiger partial charge is 0.426 e. The third-order valence-corrected chi connectivity index (χ3v) is 16.7. The van der Waals surface area contributed by atoms with Gasteiger partial charge in [-0.3, -0.25) is 29.0 Å². The molecule has 2 saturated heterocycles. The van der Waals surface area contributed by atoms with Crippen molar-refractivity contribution in [3.05, 3.63) is 140 Å². The normalized spacial score (nSPS) is 16.3. The SMILES string of the molecule is CCOC(=O)C1CCN(CC(=O)N2CCc3cc(OCc4cc(-c5ccccc5)c(C(F)(F)F)s4)ccc32)CC1.O=C(O)C1CCN(CC(=O)N2CCc3cc(OCc4cc(-c5ccccc5)c(C(F)(F)F)s4)ccc32)CC1. The molecule has 2 fully saturated rings. The number of amides is 2. The molecule has 2 aromatic heterocycles. The first-order valence-corrected chi connectivity index (χ1v) is 27.5. The first kappa shape index (κ1) is 56.0. The van der Waals surface area contributed by atoms with Gasteiger partial charge in [-0.15, -0.1) is 22.7 Å². The van der Waals surface area contributed by atoms with Gasteiger partial charge < -0.3 is 29.1 Å². The van der Waals surface area contributed by atoms with E-state index in [9.17, 15) is 45.5 Å². The summed E-state index contributed by atoms with van der Waals surface area (Å²) in [7, 11) is 0. The second-order valence-electron chi connectivity index (χ2n) is 19.6. The minimum atomic E-state index is -4.45. The van der Waals surface area contributed by atoms with Crippen molar-refractivity contribution >= 4 is 57.8 Å². The van der Waals surface area contributed by atoms with Crippen LogP contribution in [0.25, 0.3) is 22.3 Å². The van der Waals surface area contributed by atoms with Crippen molar-refractivity contribution in [1.29, 1.82) is 0 Å². The first-order valence-electron chi connectivity index (χ1n) is 25.9. The summed E-state index contributed by atoms with van der Waals surface area (Å²) < 4.78 is 99.0. The highest BCUT2D eigenvalue weighted by Crippen LogP contribution is 2.45. The Morgan fingerprint density at radius 3 is 1.36 bits per heavy atom. The fourth-order valence-corrected chi connectivity index (χ4v) is 12.3. The Morgan fingerprint density at radius 1 is 0.564 bits per heavy atom. The Kier molecular flexibility index (Phi) is 17.6. The number of nitrogens with zero attached hydrogens (tertiary/aromatic N) is 4. The van der Waals surface area contributed by atoms with E-state index in [0.29, 0.717) is 139 Å². The fourth-order valence-electron chi connectivity index (χ4n) is 10.4. The van der Waals surface area contributed by atoms with Crippen molar-refractivity contribution in [3.63, 3.8) is 0 Å². The monoisotopic (exact) mass is 1120 g/mol. The number of halogens is 6. The van der Waals surface area contributed by atoms with Crippen LogP contribution in [0.4, 0.5) is 37.7 Å². The maximum Gasteiger partial charge on any atom is 0.426 e. The van der Waals surface area contributed by atoms with Crippen LogP contribution < -0.4 is 19.3 Å². The van der Waals surface area contributed by atoms with E-state index in [4.69, 9.17) is 19.3 Å². The van der Waals surface area contributed by atoms with Crippen LogP contribution in [0.2, 0.25) is 0 Å². The van der Waals surface area contributed by atoms with Crippen LogP contribution >= 0.6 is 22.7 Å². The van der Waals surface area contributed by atoms with Crippen LogP contribution in [0.5, 0.6) is 11.5 Å². The highest BCUT2D eigenvalue weighted by atomic mass is 32.1. The minimum Gasteiger partial charge on any atom is -0.488 e. The van der Waals surface area contributed by atoms with Crippen molar-refractivity contribution in [1.82, 2.24) is 9.80 Å². The van der Waals surface area contributed by atoms with Crippen LogP contribution in [-0.2, 0) is 62.3 Å². The number of anilines is 2. The largest absolute Gasteiger partial charge is 0.488 e. The van der Waals surface area contributed by atoms with Gasteiger partial charge in [0.05, 0.1) is 31.5 Å². The molecule has 0 radical (unpaired) electrons. The number of piperidine rings is 2. The standard InChI is InChI=1S/C30H31F3N2O4S.C28H27F3N2O4S/c1-2-38-29(37)21-10-13-34(14-11-21)18-27(36)35-15-12-22-16-23(8-9-26(22)35)39-19-24-17-25(20-6-4-3-5-7-20)28(40-24)30(31,32)33;29-28(30,31)26-23(18-4-2-1-3-5-18)15-22(38-26)17-37-21-6-7-24-20(14-21)10-13-33(24)25(34)16-32-11-8-19(9-12-32)27(35)36/h3-9,16-17,21H,2,10-15,18-19H2,1H3;1-7,14-15,19H,8-13,16-17H2,(H,35,36). The molecule has 10 rings (SSSR count). The fraction of sp³-hybridized carbons (Fsp3) is 0.379. The number of benzene rings is 4. The van der Waals surface area contributed by atoms with Crippen LogP contribution in [0.1, 0.15) is 63.2 Å². The molecule has 12 nitrogen and oxygen atoms in total. The molecule has 0 atom stereocenters. The van der Waals surface area contributed by atoms with E-state index in [-0.39, 0.29) is 67.0 Å². The molecule has 1 N–H and O–H groups in total. The average Bonchev–Trinajstić information content (AvgIpc) is 4.34. The summed E-state index contributed by atoms with van der Waals surface area (Å²) in [4.78, 5) is 56.4. The molecule has 0 saturated carbocycles. The lowest BCUT2D eigenvalue weighted by molar-refractivity contribution is -0.149. The van der Waals surface area contributed by atoms with E-state index in [0.717, 1.165) is 22.5 Å². The summed E-state index contributed by atoms with van der Waals surface area (Å²) in [5.74, 6) is -0.306. The van der Waals surface area contributed by atoms with Crippen LogP contribution in [0.3, 0.4) is 0 Å². The zero-order valence-corrected chi connectivity index (χ0v) is 44.4. The van der Waals surface area contributed by atoms with E-state index in [1.807, 2.05) is 29.2 Å². The lowest BCUT2D eigenvalue weighted by Crippen LogP contribution is -2.44. The Labute approximate surface area is 455 Å². The number of likely N-dealkylation sites (tertiary alicyclic amines) is 2. The first-order chi connectivity index (χ1) is 37.4. The van der Waals surface area contributed by atoms with Gasteiger partial charge in [-0.2, -0.15) is 26.3 Å². The van der Waals surface area contributed by atoms with Gasteiger partial charge in [0.2, 0.25) is 11.8 Å². The van der Waals surface area contributed by atoms with Crippen LogP contribution in [0, 0.1) is 11.8 Å². The molecule has 4 aliphatic rings. The quantitative estimate of drug-likeness (QED) is 0.0784. The average molecular weight is 1120 g/mol. The zero-order chi connectivity index (χ0) is 55.1. The van der Waals surface area contributed by atoms with Gasteiger partial charge in [0.1, 0.15) is 34.5 Å². The van der Waals surface area contributed by atoms with E-state index in [1.54, 1.807) is 95.6 Å². The van der Waals surface area contributed by atoms with Crippen LogP contribution in [0.15, 0.2) is 109 Å². The van der Waals surface area contributed by atoms with Gasteiger partial charge in [0.25, 0.3) is 0 Å². The lowest BCUT2D eigenvalue weighted by atomic mass is 9.97. The second-order valence-corrected chi connectivity index (χ2v) is 21.9. The summed E-state index contributed by atoms with van der Waals surface area (Å²) in [5.41, 5.74) is 4.90. The third-order valence-electron chi connectivity index (χ3n) is 14.4. The molecule has 78 heavy (non-hydrogen) atoms. The van der Waals surface area contributed by atoms with Crippen molar-refractivity contribution < 1.29 is 64.8 Å². The maximum atomic E-state index is 13.7. The molecule has 4 aromatic carbocycles. The molecule has 0 unspecified atom stereocenters. The number of carboxylic acids is 1. The predicted octanol–water partition coefficient (Wildman–Crippen LogP) is 11.9. The summed E-state index contributed by atoms with van der Waals surface area (Å²) in [5, 5.41) is 9.16. The molecule has 0 aliphatic carbocycles. The summed E-state index contributed by atoms with van der Waals surface area (Å²) in [6, 6.07) is 31.0. The molecule has 20 heteroatoms. The zero-order valence-electron chi connectivity index (χ0n) is 42.7. The number of esters is 1. The highest BCUT2D eigenvalue weighted by molar-refractivity contribution is 7.13. The molecule has 6 heterocycles. The van der Waals surface area contributed by atoms with Gasteiger partial charge in [0.15, 0.2) is 0 Å². The Balaban J connectivity index is 0.000000190. The molecule has 2 amide bonds. The van der Waals surface area contributed by atoms with E-state index in [2.05, 4.69) is 4.90 Å². The Bertz CT molecular complexity index is 3080. The van der Waals surface area contributed by atoms with Gasteiger partial charge in [-0.1, -0.05) is 60.7 Å². The molecule has 6 aromatic rings. The minimum absolute atomic E-state index is 0.00806. The molecule has 4 aliphatic heterocycles. The van der Waals surface area contributed by atoms with Gasteiger partial charge in [-0.05, 0) is 142 Å². The summed E-state index contributed by atoms with van der Waals surface area (Å²) in [6.07, 6.45) is -5.11. The van der Waals surface area contributed by atoms with Crippen molar-refractivity contribution in [2.45, 2.75) is 71.0 Å². The third kappa shape index (κ3) is 13.6. The molecule has 0 spiro atoms. The number of hydrogen-bond acceptors (Lipinski definition) is 11. The molecule has 412 valence electrons. The molecular weight excluding hydrogens is 1060 g/mol. The number of thiophene rings is 2. The number of fused-ring (bicyclic) bond motifs is 2. The van der Waals surface area contributed by atoms with Crippen molar-refractivity contribution in [2.75, 3.05) is 68.8 Å². The topological polar surface area (TPSA) is 129 Å². The number of hydrogen-bond donors (Lipinski definition) is 1. The number of carboxylic acid groups (broad SMARTS) is 1. The van der Waals surface area contributed by atoms with E-state index < -0.39 is 28.1 Å².